The molecular formula is C12H24O. The zero-order valence-corrected chi connectivity index (χ0v) is 9.13. The highest BCUT2D eigenvalue weighted by Crippen LogP contribution is 2.13. The van der Waals surface area contributed by atoms with E-state index in [1.165, 1.54) is 25.7 Å². The molecule has 0 aromatic carbocycles. The summed E-state index contributed by atoms with van der Waals surface area (Å²) in [5, 5.41) is 9.60. The van der Waals surface area contributed by atoms with Crippen LogP contribution in [-0.2, 0) is 0 Å². The monoisotopic (exact) mass is 184 g/mol. The van der Waals surface area contributed by atoms with Gasteiger partial charge < -0.3 is 5.11 Å². The van der Waals surface area contributed by atoms with Crippen LogP contribution in [0.3, 0.4) is 0 Å². The van der Waals surface area contributed by atoms with Crippen LogP contribution in [0.1, 0.15) is 52.4 Å². The van der Waals surface area contributed by atoms with Crippen LogP contribution >= 0.6 is 0 Å². The van der Waals surface area contributed by atoms with Crippen LogP contribution in [0.15, 0.2) is 12.7 Å². The summed E-state index contributed by atoms with van der Waals surface area (Å²) in [5.74, 6) is 0.242. The molecule has 0 saturated heterocycles. The molecule has 0 aromatic rings. The Bertz CT molecular complexity index is 120. The normalized spacial score (nSPS) is 15.3. The lowest BCUT2D eigenvalue weighted by Crippen LogP contribution is -2.14. The number of hydrogen-bond acceptors (Lipinski definition) is 1. The minimum Gasteiger partial charge on any atom is -0.393 e. The van der Waals surface area contributed by atoms with Crippen molar-refractivity contribution in [3.8, 4) is 0 Å². The minimum absolute atomic E-state index is 0.181. The van der Waals surface area contributed by atoms with Crippen molar-refractivity contribution in [1.29, 1.82) is 0 Å². The maximum atomic E-state index is 9.60. The average Bonchev–Trinajstić information content (AvgIpc) is 2.16. The molecule has 0 aliphatic rings. The van der Waals surface area contributed by atoms with Crippen molar-refractivity contribution in [2.24, 2.45) is 5.92 Å². The van der Waals surface area contributed by atoms with E-state index >= 15 is 0 Å². The van der Waals surface area contributed by atoms with Crippen LogP contribution in [-0.4, -0.2) is 11.2 Å². The molecule has 0 heterocycles. The van der Waals surface area contributed by atoms with Crippen molar-refractivity contribution in [1.82, 2.24) is 0 Å². The van der Waals surface area contributed by atoms with Gasteiger partial charge in [-0.1, -0.05) is 52.0 Å². The summed E-state index contributed by atoms with van der Waals surface area (Å²) in [5.41, 5.74) is 0. The van der Waals surface area contributed by atoms with Crippen LogP contribution in [0.2, 0.25) is 0 Å². The molecule has 0 radical (unpaired) electrons. The Morgan fingerprint density at radius 2 is 1.85 bits per heavy atom. The SMILES string of the molecule is C=CC(C)C(O)CCCCCCC. The Labute approximate surface area is 82.9 Å². The third-order valence-electron chi connectivity index (χ3n) is 2.58. The lowest BCUT2D eigenvalue weighted by molar-refractivity contribution is 0.125. The van der Waals surface area contributed by atoms with Crippen LogP contribution in [0, 0.1) is 5.92 Å². The molecule has 0 saturated carbocycles. The van der Waals surface area contributed by atoms with Gasteiger partial charge in [-0.25, -0.2) is 0 Å². The number of aliphatic hydroxyl groups excluding tert-OH is 1. The second-order valence-corrected chi connectivity index (χ2v) is 3.87. The number of aliphatic hydroxyl groups is 1. The molecule has 0 aliphatic heterocycles. The van der Waals surface area contributed by atoms with Gasteiger partial charge in [0.1, 0.15) is 0 Å². The van der Waals surface area contributed by atoms with E-state index in [-0.39, 0.29) is 12.0 Å². The Balaban J connectivity index is 3.26. The summed E-state index contributed by atoms with van der Waals surface area (Å²) in [4.78, 5) is 0. The van der Waals surface area contributed by atoms with Gasteiger partial charge in [0.15, 0.2) is 0 Å². The Kier molecular flexibility index (Phi) is 8.11. The number of hydrogen-bond donors (Lipinski definition) is 1. The minimum atomic E-state index is -0.181. The largest absolute Gasteiger partial charge is 0.393 e. The summed E-state index contributed by atoms with van der Waals surface area (Å²) in [7, 11) is 0. The molecule has 0 aromatic heterocycles. The number of unbranched alkanes of at least 4 members (excludes halogenated alkanes) is 4. The van der Waals surface area contributed by atoms with E-state index in [1.807, 2.05) is 13.0 Å². The smallest absolute Gasteiger partial charge is 0.0600 e. The average molecular weight is 184 g/mol. The van der Waals surface area contributed by atoms with Gasteiger partial charge in [0.2, 0.25) is 0 Å². The summed E-state index contributed by atoms with van der Waals surface area (Å²) >= 11 is 0. The van der Waals surface area contributed by atoms with E-state index < -0.39 is 0 Å². The molecule has 0 bridgehead atoms. The lowest BCUT2D eigenvalue weighted by atomic mass is 9.99. The molecule has 2 unspecified atom stereocenters. The van der Waals surface area contributed by atoms with E-state index in [1.54, 1.807) is 0 Å². The number of rotatable bonds is 8. The molecule has 1 N–H and O–H groups in total. The van der Waals surface area contributed by atoms with Crippen LogP contribution in [0.4, 0.5) is 0 Å². The van der Waals surface area contributed by atoms with E-state index in [9.17, 15) is 5.11 Å². The lowest BCUT2D eigenvalue weighted by Gasteiger charge is -2.14. The highest BCUT2D eigenvalue weighted by Gasteiger charge is 2.09. The molecular weight excluding hydrogens is 160 g/mol. The van der Waals surface area contributed by atoms with Gasteiger partial charge in [-0.15, -0.1) is 6.58 Å². The maximum absolute atomic E-state index is 9.60. The van der Waals surface area contributed by atoms with Crippen LogP contribution < -0.4 is 0 Å². The van der Waals surface area contributed by atoms with Gasteiger partial charge in [0.05, 0.1) is 6.10 Å². The molecule has 0 amide bonds. The Morgan fingerprint density at radius 3 is 2.38 bits per heavy atom. The van der Waals surface area contributed by atoms with Gasteiger partial charge in [-0.05, 0) is 12.3 Å². The van der Waals surface area contributed by atoms with E-state index in [0.29, 0.717) is 0 Å². The Hall–Kier alpha value is -0.300. The zero-order valence-electron chi connectivity index (χ0n) is 9.13. The van der Waals surface area contributed by atoms with Gasteiger partial charge >= 0.3 is 0 Å². The third-order valence-corrected chi connectivity index (χ3v) is 2.58. The Morgan fingerprint density at radius 1 is 1.23 bits per heavy atom. The second-order valence-electron chi connectivity index (χ2n) is 3.87. The first-order chi connectivity index (χ1) is 6.22. The van der Waals surface area contributed by atoms with E-state index in [2.05, 4.69) is 13.5 Å². The molecule has 1 nitrogen and oxygen atoms in total. The standard InChI is InChI=1S/C12H24O/c1-4-6-7-8-9-10-12(13)11(3)5-2/h5,11-13H,2,4,6-10H2,1,3H3. The van der Waals surface area contributed by atoms with E-state index in [0.717, 1.165) is 12.8 Å². The maximum Gasteiger partial charge on any atom is 0.0600 e. The van der Waals surface area contributed by atoms with Crippen LogP contribution in [0.5, 0.6) is 0 Å². The van der Waals surface area contributed by atoms with Crippen molar-refractivity contribution in [2.75, 3.05) is 0 Å². The van der Waals surface area contributed by atoms with Crippen molar-refractivity contribution < 1.29 is 5.11 Å². The van der Waals surface area contributed by atoms with Gasteiger partial charge in [0.25, 0.3) is 0 Å². The molecule has 0 fully saturated rings. The first kappa shape index (κ1) is 12.7. The van der Waals surface area contributed by atoms with Crippen molar-refractivity contribution in [2.45, 2.75) is 58.5 Å². The van der Waals surface area contributed by atoms with E-state index in [4.69, 9.17) is 0 Å². The fourth-order valence-electron chi connectivity index (χ4n) is 1.38. The molecule has 78 valence electrons. The first-order valence-electron chi connectivity index (χ1n) is 5.53. The highest BCUT2D eigenvalue weighted by molar-refractivity contribution is 4.80. The van der Waals surface area contributed by atoms with Crippen molar-refractivity contribution >= 4 is 0 Å². The molecule has 0 aliphatic carbocycles. The summed E-state index contributed by atoms with van der Waals surface area (Å²) in [6.07, 6.45) is 8.91. The van der Waals surface area contributed by atoms with Gasteiger partial charge in [0, 0.05) is 0 Å². The molecule has 0 spiro atoms. The fourth-order valence-corrected chi connectivity index (χ4v) is 1.38. The zero-order chi connectivity index (χ0) is 10.1. The van der Waals surface area contributed by atoms with Gasteiger partial charge in [-0.3, -0.25) is 0 Å². The van der Waals surface area contributed by atoms with Crippen molar-refractivity contribution in [3.05, 3.63) is 12.7 Å². The summed E-state index contributed by atoms with van der Waals surface area (Å²) < 4.78 is 0. The molecule has 13 heavy (non-hydrogen) atoms. The van der Waals surface area contributed by atoms with Crippen molar-refractivity contribution in [3.63, 3.8) is 0 Å². The third kappa shape index (κ3) is 6.83. The molecule has 0 rings (SSSR count). The van der Waals surface area contributed by atoms with Crippen LogP contribution in [0.25, 0.3) is 0 Å². The van der Waals surface area contributed by atoms with Gasteiger partial charge in [-0.2, -0.15) is 0 Å². The quantitative estimate of drug-likeness (QED) is 0.452. The topological polar surface area (TPSA) is 20.2 Å². The summed E-state index contributed by atoms with van der Waals surface area (Å²) in [6.45, 7) is 7.91. The predicted molar refractivity (Wildman–Crippen MR) is 58.7 cm³/mol. The fraction of sp³-hybridized carbons (Fsp3) is 0.833. The molecule has 1 heteroatoms. The molecule has 2 atom stereocenters. The first-order valence-corrected chi connectivity index (χ1v) is 5.53. The second kappa shape index (κ2) is 8.31. The highest BCUT2D eigenvalue weighted by atomic mass is 16.3. The summed E-state index contributed by atoms with van der Waals surface area (Å²) in [6, 6.07) is 0. The predicted octanol–water partition coefficient (Wildman–Crippen LogP) is 3.53.